The number of aryl methyl sites for hydroxylation is 1. The molecule has 0 atom stereocenters. The fraction of sp³-hybridized carbons (Fsp3) is 0.571. The molecule has 1 aromatic rings. The van der Waals surface area contributed by atoms with Crippen molar-refractivity contribution in [2.75, 3.05) is 20.6 Å². The highest BCUT2D eigenvalue weighted by molar-refractivity contribution is 6.33. The van der Waals surface area contributed by atoms with Crippen LogP contribution in [-0.2, 0) is 6.42 Å². The van der Waals surface area contributed by atoms with Crippen LogP contribution >= 0.6 is 23.2 Å². The fourth-order valence-electron chi connectivity index (χ4n) is 1.83. The van der Waals surface area contributed by atoms with Crippen molar-refractivity contribution < 1.29 is 0 Å². The van der Waals surface area contributed by atoms with E-state index < -0.39 is 0 Å². The summed E-state index contributed by atoms with van der Waals surface area (Å²) >= 11 is 12.1. The first-order chi connectivity index (χ1) is 8.09. The average molecular weight is 274 g/mol. The van der Waals surface area contributed by atoms with E-state index in [1.165, 1.54) is 37.8 Å². The minimum atomic E-state index is 0.775. The second-order valence-electron chi connectivity index (χ2n) is 4.70. The van der Waals surface area contributed by atoms with Gasteiger partial charge in [0.05, 0.1) is 0 Å². The van der Waals surface area contributed by atoms with Gasteiger partial charge in [0, 0.05) is 10.0 Å². The molecule has 0 saturated heterocycles. The minimum Gasteiger partial charge on any atom is -0.309 e. The van der Waals surface area contributed by atoms with E-state index in [0.717, 1.165) is 16.5 Å². The quantitative estimate of drug-likeness (QED) is 0.654. The average Bonchev–Trinajstić information content (AvgIpc) is 2.27. The van der Waals surface area contributed by atoms with Crippen LogP contribution < -0.4 is 0 Å². The summed E-state index contributed by atoms with van der Waals surface area (Å²) in [6, 6.07) is 5.69. The van der Waals surface area contributed by atoms with Crippen LogP contribution in [0.25, 0.3) is 0 Å². The first-order valence-corrected chi connectivity index (χ1v) is 6.94. The van der Waals surface area contributed by atoms with Crippen molar-refractivity contribution >= 4 is 23.2 Å². The lowest BCUT2D eigenvalue weighted by molar-refractivity contribution is 0.390. The summed E-state index contributed by atoms with van der Waals surface area (Å²) in [6.07, 6.45) is 6.04. The third kappa shape index (κ3) is 6.30. The lowest BCUT2D eigenvalue weighted by Crippen LogP contribution is -2.12. The Labute approximate surface area is 115 Å². The summed E-state index contributed by atoms with van der Waals surface area (Å²) in [5.74, 6) is 0. The van der Waals surface area contributed by atoms with Crippen LogP contribution in [0.2, 0.25) is 10.0 Å². The molecule has 17 heavy (non-hydrogen) atoms. The fourth-order valence-corrected chi connectivity index (χ4v) is 2.24. The summed E-state index contributed by atoms with van der Waals surface area (Å²) in [4.78, 5) is 2.23. The van der Waals surface area contributed by atoms with Gasteiger partial charge in [0.25, 0.3) is 0 Å². The number of nitrogens with zero attached hydrogens (tertiary/aromatic N) is 1. The molecule has 0 saturated carbocycles. The number of halogens is 2. The third-order valence-electron chi connectivity index (χ3n) is 2.81. The molecule has 1 rings (SSSR count). The Hall–Kier alpha value is -0.240. The van der Waals surface area contributed by atoms with E-state index in [1.54, 1.807) is 0 Å². The predicted molar refractivity (Wildman–Crippen MR) is 77.2 cm³/mol. The Morgan fingerprint density at radius 2 is 1.71 bits per heavy atom. The van der Waals surface area contributed by atoms with Crippen LogP contribution in [0.4, 0.5) is 0 Å². The van der Waals surface area contributed by atoms with Gasteiger partial charge in [-0.1, -0.05) is 36.0 Å². The Bertz CT molecular complexity index is 337. The van der Waals surface area contributed by atoms with Crippen LogP contribution in [-0.4, -0.2) is 25.5 Å². The first kappa shape index (κ1) is 14.8. The molecule has 0 aliphatic carbocycles. The number of benzene rings is 1. The smallest absolute Gasteiger partial charge is 0.0439 e. The van der Waals surface area contributed by atoms with E-state index in [2.05, 4.69) is 19.0 Å². The number of hydrogen-bond donors (Lipinski definition) is 0. The predicted octanol–water partition coefficient (Wildman–Crippen LogP) is 4.66. The van der Waals surface area contributed by atoms with Crippen molar-refractivity contribution in [1.29, 1.82) is 0 Å². The van der Waals surface area contributed by atoms with Crippen LogP contribution in [0, 0.1) is 0 Å². The molecular weight excluding hydrogens is 253 g/mol. The van der Waals surface area contributed by atoms with Gasteiger partial charge in [0.1, 0.15) is 0 Å². The molecule has 0 aliphatic heterocycles. The van der Waals surface area contributed by atoms with Crippen LogP contribution in [0.5, 0.6) is 0 Å². The molecule has 0 N–H and O–H groups in total. The second kappa shape index (κ2) is 7.97. The van der Waals surface area contributed by atoms with E-state index in [4.69, 9.17) is 23.2 Å². The summed E-state index contributed by atoms with van der Waals surface area (Å²) < 4.78 is 0. The molecule has 0 aromatic heterocycles. The van der Waals surface area contributed by atoms with E-state index in [9.17, 15) is 0 Å². The normalized spacial score (nSPS) is 11.1. The van der Waals surface area contributed by atoms with Crippen LogP contribution in [0.15, 0.2) is 18.2 Å². The van der Waals surface area contributed by atoms with Crippen molar-refractivity contribution in [3.8, 4) is 0 Å². The molecule has 0 heterocycles. The minimum absolute atomic E-state index is 0.775. The molecule has 0 aliphatic rings. The molecule has 96 valence electrons. The molecule has 0 spiro atoms. The van der Waals surface area contributed by atoms with Gasteiger partial charge in [0.2, 0.25) is 0 Å². The summed E-state index contributed by atoms with van der Waals surface area (Å²) in [5, 5.41) is 1.61. The first-order valence-electron chi connectivity index (χ1n) is 6.18. The van der Waals surface area contributed by atoms with E-state index in [1.807, 2.05) is 18.2 Å². The van der Waals surface area contributed by atoms with Crippen molar-refractivity contribution in [2.24, 2.45) is 0 Å². The largest absolute Gasteiger partial charge is 0.309 e. The Balaban J connectivity index is 2.20. The van der Waals surface area contributed by atoms with Gasteiger partial charge in [-0.2, -0.15) is 0 Å². The van der Waals surface area contributed by atoms with Crippen LogP contribution in [0.1, 0.15) is 31.2 Å². The Morgan fingerprint density at radius 1 is 1.00 bits per heavy atom. The highest BCUT2D eigenvalue weighted by Crippen LogP contribution is 2.22. The van der Waals surface area contributed by atoms with Gasteiger partial charge in [0.15, 0.2) is 0 Å². The summed E-state index contributed by atoms with van der Waals surface area (Å²) in [7, 11) is 4.23. The maximum absolute atomic E-state index is 6.11. The molecule has 1 nitrogen and oxygen atoms in total. The molecular formula is C14H21Cl2N. The number of hydrogen-bond acceptors (Lipinski definition) is 1. The molecule has 0 bridgehead atoms. The molecule has 0 radical (unpaired) electrons. The van der Waals surface area contributed by atoms with E-state index in [0.29, 0.717) is 0 Å². The molecule has 1 aromatic carbocycles. The van der Waals surface area contributed by atoms with Crippen LogP contribution in [0.3, 0.4) is 0 Å². The maximum atomic E-state index is 6.11. The molecule has 0 fully saturated rings. The highest BCUT2D eigenvalue weighted by atomic mass is 35.5. The van der Waals surface area contributed by atoms with Gasteiger partial charge in [-0.05, 0) is 63.7 Å². The number of unbranched alkanes of at least 4 members (excludes halogenated alkanes) is 3. The van der Waals surface area contributed by atoms with Gasteiger partial charge in [-0.3, -0.25) is 0 Å². The zero-order valence-electron chi connectivity index (χ0n) is 10.7. The van der Waals surface area contributed by atoms with Gasteiger partial charge in [-0.15, -0.1) is 0 Å². The number of rotatable bonds is 7. The zero-order valence-corrected chi connectivity index (χ0v) is 12.2. The van der Waals surface area contributed by atoms with Gasteiger partial charge >= 0.3 is 0 Å². The SMILES string of the molecule is CN(C)CCCCCCc1cc(Cl)ccc1Cl. The van der Waals surface area contributed by atoms with E-state index >= 15 is 0 Å². The van der Waals surface area contributed by atoms with Crippen molar-refractivity contribution in [3.05, 3.63) is 33.8 Å². The molecule has 0 unspecified atom stereocenters. The third-order valence-corrected chi connectivity index (χ3v) is 3.41. The summed E-state index contributed by atoms with van der Waals surface area (Å²) in [6.45, 7) is 1.18. The van der Waals surface area contributed by atoms with Gasteiger partial charge in [-0.25, -0.2) is 0 Å². The highest BCUT2D eigenvalue weighted by Gasteiger charge is 2.01. The topological polar surface area (TPSA) is 3.24 Å². The monoisotopic (exact) mass is 273 g/mol. The maximum Gasteiger partial charge on any atom is 0.0439 e. The lowest BCUT2D eigenvalue weighted by atomic mass is 10.1. The van der Waals surface area contributed by atoms with Crippen molar-refractivity contribution in [3.63, 3.8) is 0 Å². The second-order valence-corrected chi connectivity index (χ2v) is 5.55. The lowest BCUT2D eigenvalue weighted by Gasteiger charge is -2.09. The molecule has 0 amide bonds. The summed E-state index contributed by atoms with van der Waals surface area (Å²) in [5.41, 5.74) is 1.17. The van der Waals surface area contributed by atoms with Crippen molar-refractivity contribution in [2.45, 2.75) is 32.1 Å². The van der Waals surface area contributed by atoms with E-state index in [-0.39, 0.29) is 0 Å². The Kier molecular flexibility index (Phi) is 6.94. The molecule has 3 heteroatoms. The van der Waals surface area contributed by atoms with Crippen molar-refractivity contribution in [1.82, 2.24) is 4.90 Å². The Morgan fingerprint density at radius 3 is 2.41 bits per heavy atom. The standard InChI is InChI=1S/C14H21Cl2N/c1-17(2)10-6-4-3-5-7-12-11-13(15)8-9-14(12)16/h8-9,11H,3-7,10H2,1-2H3. The zero-order chi connectivity index (χ0) is 12.7. The van der Waals surface area contributed by atoms with Gasteiger partial charge < -0.3 is 4.90 Å².